The Balaban J connectivity index is 1.10. The molecule has 0 radical (unpaired) electrons. The van der Waals surface area contributed by atoms with Gasteiger partial charge in [-0.2, -0.15) is 5.10 Å². The van der Waals surface area contributed by atoms with Gasteiger partial charge in [-0.3, -0.25) is 18.9 Å². The summed E-state index contributed by atoms with van der Waals surface area (Å²) in [5.74, 6) is 0. The van der Waals surface area contributed by atoms with Gasteiger partial charge in [0.15, 0.2) is 5.52 Å². The first-order valence-corrected chi connectivity index (χ1v) is 16.9. The van der Waals surface area contributed by atoms with Crippen molar-refractivity contribution in [3.05, 3.63) is 92.8 Å². The summed E-state index contributed by atoms with van der Waals surface area (Å²) < 4.78 is 8.43. The average Bonchev–Trinajstić information content (AvgIpc) is 3.68. The average molecular weight is 675 g/mol. The van der Waals surface area contributed by atoms with Crippen molar-refractivity contribution in [1.29, 1.82) is 0 Å². The van der Waals surface area contributed by atoms with Crippen molar-refractivity contribution in [1.82, 2.24) is 29.5 Å². The maximum atomic E-state index is 13.6. The molecule has 1 amide bonds. The summed E-state index contributed by atoms with van der Waals surface area (Å²) in [7, 11) is 1.78. The van der Waals surface area contributed by atoms with Gasteiger partial charge in [0.05, 0.1) is 24.2 Å². The first-order chi connectivity index (χ1) is 22.4. The van der Waals surface area contributed by atoms with Crippen LogP contribution in [0.4, 0.5) is 4.79 Å². The zero-order valence-electron chi connectivity index (χ0n) is 27.0. The van der Waals surface area contributed by atoms with Crippen molar-refractivity contribution in [2.75, 3.05) is 13.1 Å². The lowest BCUT2D eigenvalue weighted by molar-refractivity contribution is -0.0364. The second-order valence-corrected chi connectivity index (χ2v) is 14.5. The fraction of sp³-hybridized carbons (Fsp3) is 0.371. The molecule has 0 aliphatic carbocycles. The van der Waals surface area contributed by atoms with E-state index in [1.165, 1.54) is 15.8 Å². The van der Waals surface area contributed by atoms with Crippen LogP contribution in [-0.4, -0.2) is 59.7 Å². The number of carbonyl (C=O) groups excluding carboxylic acids is 1. The molecule has 12 heteroatoms. The quantitative estimate of drug-likeness (QED) is 0.201. The van der Waals surface area contributed by atoms with Gasteiger partial charge >= 0.3 is 6.09 Å². The maximum absolute atomic E-state index is 13.6. The van der Waals surface area contributed by atoms with Gasteiger partial charge in [0, 0.05) is 48.7 Å². The number of aryl methyl sites for hydroxylation is 1. The van der Waals surface area contributed by atoms with E-state index in [4.69, 9.17) is 16.3 Å². The Morgan fingerprint density at radius 1 is 1.09 bits per heavy atom. The van der Waals surface area contributed by atoms with Crippen LogP contribution in [0.5, 0.6) is 0 Å². The number of ether oxygens (including phenoxy) is 1. The van der Waals surface area contributed by atoms with Crippen LogP contribution in [0.25, 0.3) is 32.7 Å². The Bertz CT molecular complexity index is 1940. The van der Waals surface area contributed by atoms with Crippen LogP contribution < -0.4 is 10.9 Å². The Hall–Kier alpha value is -4.03. The number of halogens is 1. The minimum absolute atomic E-state index is 0.143. The highest BCUT2D eigenvalue weighted by atomic mass is 35.5. The minimum atomic E-state index is -1.04. The summed E-state index contributed by atoms with van der Waals surface area (Å²) in [6.45, 7) is 7.98. The normalized spacial score (nSPS) is 15.2. The highest BCUT2D eigenvalue weighted by Gasteiger charge is 2.33. The number of thiophene rings is 1. The monoisotopic (exact) mass is 674 g/mol. The fourth-order valence-electron chi connectivity index (χ4n) is 5.92. The number of fused-ring (bicyclic) bond motifs is 1. The number of alkyl carbamates (subject to hydrolysis) is 1. The van der Waals surface area contributed by atoms with Crippen molar-refractivity contribution >= 4 is 40.1 Å². The van der Waals surface area contributed by atoms with Crippen LogP contribution in [0.1, 0.15) is 44.7 Å². The summed E-state index contributed by atoms with van der Waals surface area (Å²) in [4.78, 5) is 33.7. The predicted molar refractivity (Wildman–Crippen MR) is 186 cm³/mol. The zero-order valence-corrected chi connectivity index (χ0v) is 28.6. The lowest BCUT2D eigenvalue weighted by Gasteiger charge is -2.38. The number of aliphatic hydroxyl groups is 1. The number of aromatic nitrogens is 4. The third-order valence-corrected chi connectivity index (χ3v) is 9.65. The number of nitrogens with one attached hydrogen (secondary N) is 1. The van der Waals surface area contributed by atoms with Gasteiger partial charge in [-0.05, 0) is 67.8 Å². The van der Waals surface area contributed by atoms with E-state index in [1.54, 1.807) is 23.1 Å². The fourth-order valence-corrected chi connectivity index (χ4v) is 6.88. The molecular formula is C35H39ClN6O4S. The number of rotatable bonds is 8. The molecule has 246 valence electrons. The molecule has 5 aromatic rings. The van der Waals surface area contributed by atoms with E-state index in [0.717, 1.165) is 27.3 Å². The summed E-state index contributed by atoms with van der Waals surface area (Å²) in [6.07, 6.45) is 2.07. The lowest BCUT2D eigenvalue weighted by atomic mass is 9.91. The van der Waals surface area contributed by atoms with Gasteiger partial charge < -0.3 is 15.2 Å². The van der Waals surface area contributed by atoms with E-state index in [0.29, 0.717) is 50.2 Å². The molecule has 0 atom stereocenters. The Kier molecular flexibility index (Phi) is 9.26. The summed E-state index contributed by atoms with van der Waals surface area (Å²) in [5.41, 5.74) is 3.48. The molecule has 1 saturated heterocycles. The third-order valence-electron chi connectivity index (χ3n) is 8.38. The van der Waals surface area contributed by atoms with Crippen molar-refractivity contribution in [3.63, 3.8) is 0 Å². The van der Waals surface area contributed by atoms with Crippen molar-refractivity contribution in [2.45, 2.75) is 64.4 Å². The van der Waals surface area contributed by atoms with E-state index in [2.05, 4.69) is 43.9 Å². The third kappa shape index (κ3) is 7.59. The lowest BCUT2D eigenvalue weighted by Crippen LogP contribution is -2.47. The molecule has 10 nitrogen and oxygen atoms in total. The predicted octanol–water partition coefficient (Wildman–Crippen LogP) is 6.23. The van der Waals surface area contributed by atoms with Crippen LogP contribution in [-0.2, 0) is 31.4 Å². The van der Waals surface area contributed by atoms with E-state index in [9.17, 15) is 14.7 Å². The van der Waals surface area contributed by atoms with E-state index < -0.39 is 17.3 Å². The van der Waals surface area contributed by atoms with Crippen LogP contribution in [0.3, 0.4) is 0 Å². The number of benzene rings is 2. The smallest absolute Gasteiger partial charge is 0.407 e. The van der Waals surface area contributed by atoms with Gasteiger partial charge in [0.25, 0.3) is 5.56 Å². The molecule has 3 aromatic heterocycles. The van der Waals surface area contributed by atoms with Crippen molar-refractivity contribution in [3.8, 4) is 21.7 Å². The van der Waals surface area contributed by atoms with E-state index >= 15 is 0 Å². The Morgan fingerprint density at radius 3 is 2.47 bits per heavy atom. The minimum Gasteiger partial charge on any atom is -0.444 e. The molecule has 0 spiro atoms. The van der Waals surface area contributed by atoms with Crippen LogP contribution in [0, 0.1) is 0 Å². The van der Waals surface area contributed by atoms with Crippen LogP contribution in [0.15, 0.2) is 71.1 Å². The molecule has 0 unspecified atom stereocenters. The van der Waals surface area contributed by atoms with Gasteiger partial charge in [-0.15, -0.1) is 11.3 Å². The number of hydrogen-bond donors (Lipinski definition) is 2. The zero-order chi connectivity index (χ0) is 33.3. The van der Waals surface area contributed by atoms with Crippen LogP contribution >= 0.6 is 22.9 Å². The SMILES string of the molecule is Cn1nc2c(=O)n(CC3(O)CCN(Cc4ccc(-c5cccs5)cc4Cl)CC3)cnc2c1-c1ccc(CNC(=O)OC(C)(C)C)cc1. The second-order valence-electron chi connectivity index (χ2n) is 13.2. The van der Waals surface area contributed by atoms with Crippen molar-refractivity contribution < 1.29 is 14.6 Å². The Labute approximate surface area is 282 Å². The number of hydrogen-bond acceptors (Lipinski definition) is 8. The summed E-state index contributed by atoms with van der Waals surface area (Å²) in [5, 5.41) is 21.6. The van der Waals surface area contributed by atoms with Gasteiger partial charge in [0.2, 0.25) is 0 Å². The molecule has 0 bridgehead atoms. The van der Waals surface area contributed by atoms with E-state index in [-0.39, 0.29) is 17.6 Å². The van der Waals surface area contributed by atoms with Gasteiger partial charge in [-0.25, -0.2) is 9.78 Å². The molecule has 47 heavy (non-hydrogen) atoms. The topological polar surface area (TPSA) is 115 Å². The highest BCUT2D eigenvalue weighted by molar-refractivity contribution is 7.13. The van der Waals surface area contributed by atoms with Crippen molar-refractivity contribution in [2.24, 2.45) is 7.05 Å². The summed E-state index contributed by atoms with van der Waals surface area (Å²) in [6, 6.07) is 18.0. The first-order valence-electron chi connectivity index (χ1n) is 15.6. The first kappa shape index (κ1) is 32.9. The number of carbonyl (C=O) groups is 1. The Morgan fingerprint density at radius 2 is 1.81 bits per heavy atom. The second kappa shape index (κ2) is 13.2. The molecule has 4 heterocycles. The number of nitrogens with zero attached hydrogens (tertiary/aromatic N) is 5. The molecule has 1 aliphatic heterocycles. The number of likely N-dealkylation sites (tertiary alicyclic amines) is 1. The molecule has 0 saturated carbocycles. The molecule has 2 aromatic carbocycles. The molecule has 2 N–H and O–H groups in total. The standard InChI is InChI=1S/C35H39ClN6O4S/c1-34(2,3)46-33(44)37-19-23-7-9-24(10-8-23)31-29-30(39-40(31)4)32(43)42(22-38-29)21-35(45)13-15-41(16-14-35)20-26-12-11-25(18-27(26)36)28-6-5-17-47-28/h5-12,17-18,22,45H,13-16,19-21H2,1-4H3,(H,37,44). The van der Waals surface area contributed by atoms with E-state index in [1.807, 2.05) is 57.2 Å². The van der Waals surface area contributed by atoms with Crippen LogP contribution in [0.2, 0.25) is 5.02 Å². The highest BCUT2D eigenvalue weighted by Crippen LogP contribution is 2.31. The molecule has 6 rings (SSSR count). The number of piperidine rings is 1. The maximum Gasteiger partial charge on any atom is 0.407 e. The van der Waals surface area contributed by atoms with Gasteiger partial charge in [-0.1, -0.05) is 54.1 Å². The number of amides is 1. The van der Waals surface area contributed by atoms with Gasteiger partial charge in [0.1, 0.15) is 11.1 Å². The molecule has 1 fully saturated rings. The largest absolute Gasteiger partial charge is 0.444 e. The summed E-state index contributed by atoms with van der Waals surface area (Å²) >= 11 is 8.34. The molecular weight excluding hydrogens is 636 g/mol. The molecule has 1 aliphatic rings.